The highest BCUT2D eigenvalue weighted by Gasteiger charge is 2.21. The first kappa shape index (κ1) is 61.6. The van der Waals surface area contributed by atoms with Gasteiger partial charge in [-0.1, -0.05) is 104 Å². The van der Waals surface area contributed by atoms with Crippen LogP contribution in [0.15, 0.2) is 60.7 Å². The number of hydrogen-bond acceptors (Lipinski definition) is 13. The van der Waals surface area contributed by atoms with Crippen LogP contribution in [-0.2, 0) is 129 Å². The summed E-state index contributed by atoms with van der Waals surface area (Å²) < 4.78 is 0.147. The summed E-state index contributed by atoms with van der Waals surface area (Å²) in [7, 11) is 16.8. The highest BCUT2D eigenvalue weighted by Crippen LogP contribution is 2.40. The van der Waals surface area contributed by atoms with Gasteiger partial charge in [-0.2, -0.15) is 0 Å². The molecule has 2 aromatic carbocycles. The van der Waals surface area contributed by atoms with Gasteiger partial charge in [0.15, 0.2) is 0 Å². The van der Waals surface area contributed by atoms with Crippen LogP contribution in [0.5, 0.6) is 0 Å². The second kappa shape index (κ2) is 45.8. The van der Waals surface area contributed by atoms with Gasteiger partial charge >= 0.3 is 5.97 Å². The van der Waals surface area contributed by atoms with Crippen molar-refractivity contribution in [3.8, 4) is 0 Å². The van der Waals surface area contributed by atoms with E-state index >= 15 is 0 Å². The monoisotopic (exact) mass is 1050 g/mol. The lowest BCUT2D eigenvalue weighted by atomic mass is 10.0. The van der Waals surface area contributed by atoms with Crippen LogP contribution in [0.25, 0.3) is 0 Å². The summed E-state index contributed by atoms with van der Waals surface area (Å²) in [6.07, 6.45) is 7.83. The Balaban J connectivity index is -0.000000707. The molecule has 0 fully saturated rings. The van der Waals surface area contributed by atoms with E-state index in [1.54, 1.807) is 21.6 Å². The van der Waals surface area contributed by atoms with Crippen molar-refractivity contribution in [2.75, 3.05) is 24.7 Å². The Kier molecular flexibility index (Phi) is 50.4. The van der Waals surface area contributed by atoms with E-state index in [9.17, 15) is 9.59 Å². The predicted octanol–water partition coefficient (Wildman–Crippen LogP) is 8.80. The van der Waals surface area contributed by atoms with Gasteiger partial charge in [0, 0.05) is 167 Å². The molecule has 21 heteroatoms. The number of hydrogen-bond donors (Lipinski definition) is 4. The van der Waals surface area contributed by atoms with Gasteiger partial charge < -0.3 is 21.1 Å². The van der Waals surface area contributed by atoms with Gasteiger partial charge in [0.05, 0.1) is 0 Å². The third-order valence-electron chi connectivity index (χ3n) is 6.54. The number of carboxylic acids is 1. The lowest BCUT2D eigenvalue weighted by Crippen LogP contribution is -2.15. The topological polar surface area (TPSA) is 121 Å². The maximum absolute atomic E-state index is 12.0. The molecule has 0 atom stereocenters. The van der Waals surface area contributed by atoms with Gasteiger partial charge in [-0.25, -0.2) is 0 Å². The fraction of sp³-hybridized carbons (Fsp3) is 0.600. The van der Waals surface area contributed by atoms with Crippen LogP contribution in [-0.4, -0.2) is 61.3 Å². The largest absolute Gasteiger partial charge is 0.481 e. The Morgan fingerprint density at radius 2 is 1.02 bits per heavy atom. The molecule has 0 amide bonds. The fourth-order valence-electron chi connectivity index (χ4n) is 3.58. The van der Waals surface area contributed by atoms with E-state index in [1.165, 1.54) is 73.3 Å². The molecule has 0 saturated carbocycles. The number of aliphatic hydroxyl groups is 2. The smallest absolute Gasteiger partial charge is 0.303 e. The number of carbonyl (C=O) groups excluding carboxylic acids is 1. The molecule has 5 N–H and O–H groups in total. The highest BCUT2D eigenvalue weighted by molar-refractivity contribution is 8.77. The molecule has 0 aliphatic carbocycles. The molecule has 0 bridgehead atoms. The van der Waals surface area contributed by atoms with E-state index in [1.807, 2.05) is 70.1 Å². The molecule has 0 aliphatic heterocycles. The van der Waals surface area contributed by atoms with Crippen LogP contribution in [0.2, 0.25) is 0 Å². The molecule has 0 aromatic heterocycles. The van der Waals surface area contributed by atoms with Crippen molar-refractivity contribution in [3.05, 3.63) is 71.8 Å². The highest BCUT2D eigenvalue weighted by atomic mass is 33.3. The number of aliphatic hydroxyl groups excluding tert-OH is 2. The summed E-state index contributed by atoms with van der Waals surface area (Å²) in [4.78, 5) is 22.5. The molecular weight excluding hydrogens is 995 g/mol. The predicted molar refractivity (Wildman–Crippen MR) is 282 cm³/mol. The van der Waals surface area contributed by atoms with Crippen LogP contribution in [0.1, 0.15) is 96.6 Å². The summed E-state index contributed by atoms with van der Waals surface area (Å²) in [5, 5.41) is 25.9. The van der Waals surface area contributed by atoms with Gasteiger partial charge in [0.2, 0.25) is 0 Å². The van der Waals surface area contributed by atoms with Gasteiger partial charge in [-0.05, 0) is 83.8 Å². The minimum Gasteiger partial charge on any atom is -0.481 e. The summed E-state index contributed by atoms with van der Waals surface area (Å²) in [5.74, 6) is 1.72. The van der Waals surface area contributed by atoms with Crippen LogP contribution in [0, 0.1) is 0 Å². The number of ketones is 1. The number of Topliss-reactive ketones (excluding diaryl/α,β-unsaturated/α-hetero) is 1. The molecule has 0 unspecified atom stereocenters. The average molecular weight is 1050 g/mol. The van der Waals surface area contributed by atoms with Crippen LogP contribution < -0.4 is 5.73 Å². The van der Waals surface area contributed by atoms with Crippen LogP contribution in [0.3, 0.4) is 0 Å². The number of aliphatic carboxylic acids is 1. The first-order valence-corrected chi connectivity index (χ1v) is 33.9. The van der Waals surface area contributed by atoms with E-state index in [2.05, 4.69) is 84.6 Å². The molecule has 0 heterocycles. The van der Waals surface area contributed by atoms with E-state index < -0.39 is 5.97 Å². The van der Waals surface area contributed by atoms with Crippen LogP contribution in [0.4, 0.5) is 0 Å². The standard InChI is InChI=1S/C18H28O2S2.C10H20O3S2.C7H9N.S6.S5/c1-18(2,22-21-15-7-6-14-19)13-12-17(20)11-10-16-8-4-3-5-9-16;1-10(2,6-5-9(12)13)15-14-8-4-3-7-11;8-6-7-4-2-1-3-5-7;1-3-5-6-4-2;1-3-5-4-2/h3-5,8-9,19H,6-7,10-15H2,1-2H3;11H,3-8H2,1-2H3,(H,12,13);1-5H,6,8H2;;. The molecule has 2 aromatic rings. The number of carbonyl (C=O) groups is 2. The molecule has 0 saturated heterocycles. The maximum Gasteiger partial charge on any atom is 0.303 e. The van der Waals surface area contributed by atoms with E-state index in [4.69, 9.17) is 21.1 Å². The summed E-state index contributed by atoms with van der Waals surface area (Å²) in [6.45, 7) is 9.74. The Morgan fingerprint density at radius 1 is 0.607 bits per heavy atom. The zero-order valence-electron chi connectivity index (χ0n) is 32.2. The van der Waals surface area contributed by atoms with Gasteiger partial charge in [-0.15, -0.1) is 0 Å². The second-order valence-electron chi connectivity index (χ2n) is 12.3. The third kappa shape index (κ3) is 49.6. The van der Waals surface area contributed by atoms with Crippen molar-refractivity contribution in [2.45, 2.75) is 108 Å². The Morgan fingerprint density at radius 3 is 1.36 bits per heavy atom. The first-order chi connectivity index (χ1) is 26.8. The number of aryl methyl sites for hydroxylation is 1. The SMILES string of the molecule is CC(C)(CCC(=O)CCc1ccccc1)SSCCCCO.CC(C)(CCC(=O)O)SSCCCCO.NCc1ccccc1.S=S=S=S=S.S=S=S=S=S=S. The zero-order chi connectivity index (χ0) is 42.8. The number of rotatable bonds is 22. The summed E-state index contributed by atoms with van der Waals surface area (Å²) >= 11 is 17.9. The lowest BCUT2D eigenvalue weighted by Gasteiger charge is -2.22. The van der Waals surface area contributed by atoms with Crippen molar-refractivity contribution in [2.24, 2.45) is 5.73 Å². The summed E-state index contributed by atoms with van der Waals surface area (Å²) in [5.41, 5.74) is 7.78. The van der Waals surface area contributed by atoms with Crippen molar-refractivity contribution in [1.82, 2.24) is 0 Å². The van der Waals surface area contributed by atoms with Crippen LogP contribution >= 0.6 is 43.2 Å². The van der Waals surface area contributed by atoms with E-state index in [0.29, 0.717) is 31.6 Å². The molecule has 0 spiro atoms. The molecule has 2 rings (SSSR count). The quantitative estimate of drug-likeness (QED) is 0.0665. The van der Waals surface area contributed by atoms with E-state index in [0.717, 1.165) is 50.0 Å². The van der Waals surface area contributed by atoms with Crippen molar-refractivity contribution < 1.29 is 24.9 Å². The van der Waals surface area contributed by atoms with Gasteiger partial charge in [0.1, 0.15) is 5.78 Å². The lowest BCUT2D eigenvalue weighted by molar-refractivity contribution is -0.137. The van der Waals surface area contributed by atoms with E-state index in [-0.39, 0.29) is 29.1 Å². The number of unbranched alkanes of at least 4 members (excludes halogenated alkanes) is 2. The molecule has 6 nitrogen and oxygen atoms in total. The average Bonchev–Trinajstić information content (AvgIpc) is 3.19. The number of nitrogens with two attached hydrogens (primary N) is 1. The Bertz CT molecular complexity index is 1530. The number of benzene rings is 2. The number of carboxylic acid groups (broad SMARTS) is 1. The van der Waals surface area contributed by atoms with Gasteiger partial charge in [0.25, 0.3) is 0 Å². The Labute approximate surface area is 392 Å². The minimum absolute atomic E-state index is 0.0161. The minimum atomic E-state index is -0.728. The second-order valence-corrected chi connectivity index (χ2v) is 30.9. The van der Waals surface area contributed by atoms with Crippen molar-refractivity contribution >= 4 is 162 Å². The fourth-order valence-corrected chi connectivity index (χ4v) is 17.3. The van der Waals surface area contributed by atoms with Crippen molar-refractivity contribution in [1.29, 1.82) is 0 Å². The first-order valence-electron chi connectivity index (χ1n) is 17.3. The molecule has 322 valence electrons. The van der Waals surface area contributed by atoms with Crippen molar-refractivity contribution in [3.63, 3.8) is 0 Å². The zero-order valence-corrected chi connectivity index (χ0v) is 44.5. The van der Waals surface area contributed by atoms with Gasteiger partial charge in [-0.3, -0.25) is 9.59 Å². The maximum atomic E-state index is 12.0. The molecular formula is C35H57NO5S15. The summed E-state index contributed by atoms with van der Waals surface area (Å²) in [6, 6.07) is 20.2. The molecule has 0 aliphatic rings. The molecule has 0 radical (unpaired) electrons. The third-order valence-corrected chi connectivity index (χ3v) is 24.5. The normalized spacial score (nSPS) is 10.1. The Hall–Kier alpha value is 1.28. The molecule has 56 heavy (non-hydrogen) atoms.